The summed E-state index contributed by atoms with van der Waals surface area (Å²) in [6.45, 7) is 11.8. The molecule has 0 bridgehead atoms. The van der Waals surface area contributed by atoms with Crippen molar-refractivity contribution < 1.29 is 14.7 Å². The molecule has 0 aromatic carbocycles. The van der Waals surface area contributed by atoms with Crippen LogP contribution in [-0.2, 0) is 9.59 Å². The molecule has 294 valence electrons. The van der Waals surface area contributed by atoms with Crippen LogP contribution in [0.2, 0.25) is 0 Å². The summed E-state index contributed by atoms with van der Waals surface area (Å²) >= 11 is 0. The Kier molecular flexibility index (Phi) is 18.2. The number of fused-ring (bicyclic) bond motifs is 5. The maximum absolute atomic E-state index is 13.5. The third-order valence-electron chi connectivity index (χ3n) is 14.4. The van der Waals surface area contributed by atoms with Gasteiger partial charge in [0.25, 0.3) is 0 Å². The van der Waals surface area contributed by atoms with Crippen LogP contribution in [0.15, 0.2) is 0 Å². The van der Waals surface area contributed by atoms with Gasteiger partial charge in [-0.2, -0.15) is 0 Å². The molecule has 0 aromatic heterocycles. The molecule has 5 rings (SSSR count). The molecule has 0 radical (unpaired) electrons. The predicted molar refractivity (Wildman–Crippen MR) is 213 cm³/mol. The Morgan fingerprint density at radius 1 is 0.820 bits per heavy atom. The fraction of sp³-hybridized carbons (Fsp3) is 0.949. The number of hydrogen-bond acceptors (Lipinski definition) is 6. The Morgan fingerprint density at radius 2 is 1.44 bits per heavy atom. The van der Waals surface area contributed by atoms with Gasteiger partial charge >= 0.3 is 0 Å². The maximum Gasteiger partial charge on any atom is 0.239 e. The number of aliphatic hydroxyl groups excluding tert-OH is 1. The first-order chi connectivity index (χ1) is 22.3. The molecule has 4 unspecified atom stereocenters. The van der Waals surface area contributed by atoms with E-state index < -0.39 is 0 Å². The van der Waals surface area contributed by atoms with Crippen LogP contribution in [-0.4, -0.2) is 111 Å². The first kappa shape index (κ1) is 45.8. The van der Waals surface area contributed by atoms with E-state index in [-0.39, 0.29) is 67.2 Å². The summed E-state index contributed by atoms with van der Waals surface area (Å²) in [6.07, 6.45) is 15.4. The highest BCUT2D eigenvalue weighted by Crippen LogP contribution is 2.68. The second-order valence-corrected chi connectivity index (χ2v) is 17.9. The molecule has 11 atom stereocenters. The van der Waals surface area contributed by atoms with Gasteiger partial charge in [-0.05, 0) is 171 Å². The number of hydrogen-bond donors (Lipinski definition) is 3. The number of nitrogens with zero attached hydrogens (tertiary/aromatic N) is 3. The number of nitrogens with one attached hydrogen (secondary N) is 2. The molecule has 5 aliphatic rings. The Hall–Kier alpha value is -0.350. The summed E-state index contributed by atoms with van der Waals surface area (Å²) in [5, 5.41) is 17.1. The lowest BCUT2D eigenvalue weighted by Gasteiger charge is -2.61. The molecular weight excluding hydrogens is 693 g/mol. The quantitative estimate of drug-likeness (QED) is 0.194. The minimum Gasteiger partial charge on any atom is -0.393 e. The Bertz CT molecular complexity index is 1060. The van der Waals surface area contributed by atoms with E-state index in [0.717, 1.165) is 82.0 Å². The highest BCUT2D eigenvalue weighted by atomic mass is 35.5. The van der Waals surface area contributed by atoms with Crippen molar-refractivity contribution in [3.63, 3.8) is 0 Å². The largest absolute Gasteiger partial charge is 0.393 e. The van der Waals surface area contributed by atoms with Gasteiger partial charge in [0, 0.05) is 32.1 Å². The number of carbonyl (C=O) groups is 2. The third-order valence-corrected chi connectivity index (χ3v) is 14.4. The zero-order valence-corrected chi connectivity index (χ0v) is 34.9. The van der Waals surface area contributed by atoms with Crippen LogP contribution in [0, 0.1) is 46.3 Å². The molecule has 11 heteroatoms. The van der Waals surface area contributed by atoms with Crippen molar-refractivity contribution >= 4 is 49.0 Å². The van der Waals surface area contributed by atoms with Gasteiger partial charge < -0.3 is 30.4 Å². The molecular formula is C39H74Cl3N5O3. The molecule has 50 heavy (non-hydrogen) atoms. The van der Waals surface area contributed by atoms with E-state index >= 15 is 0 Å². The van der Waals surface area contributed by atoms with Crippen LogP contribution in [0.1, 0.15) is 111 Å². The maximum atomic E-state index is 13.5. The molecule has 1 aliphatic heterocycles. The molecule has 0 aromatic rings. The van der Waals surface area contributed by atoms with E-state index in [0.29, 0.717) is 42.1 Å². The minimum absolute atomic E-state index is 0. The SMILES string of the molecule is C[C@H](CCC(=O)N[C@@H]1CN[C@H](C(=O)N(CCCN(C)C)CCCN(C)C)C1)[C@H]1CCC2C3CCC4C[C@H](O)CC[C@]4(C)C3CC[C@@]21C.Cl.Cl.Cl. The summed E-state index contributed by atoms with van der Waals surface area (Å²) in [4.78, 5) is 33.2. The van der Waals surface area contributed by atoms with Gasteiger partial charge in [0.05, 0.1) is 12.1 Å². The van der Waals surface area contributed by atoms with Crippen LogP contribution in [0.3, 0.4) is 0 Å². The summed E-state index contributed by atoms with van der Waals surface area (Å²) in [5.74, 6) is 4.85. The zero-order valence-electron chi connectivity index (χ0n) is 32.5. The van der Waals surface area contributed by atoms with Crippen LogP contribution in [0.5, 0.6) is 0 Å². The summed E-state index contributed by atoms with van der Waals surface area (Å²) < 4.78 is 0. The van der Waals surface area contributed by atoms with Crippen LogP contribution >= 0.6 is 37.2 Å². The van der Waals surface area contributed by atoms with Crippen molar-refractivity contribution in [2.75, 3.05) is 60.9 Å². The van der Waals surface area contributed by atoms with Crippen molar-refractivity contribution in [2.24, 2.45) is 46.3 Å². The van der Waals surface area contributed by atoms with Gasteiger partial charge in [-0.3, -0.25) is 9.59 Å². The number of rotatable bonds is 14. The molecule has 3 N–H and O–H groups in total. The predicted octanol–water partition coefficient (Wildman–Crippen LogP) is 6.27. The van der Waals surface area contributed by atoms with E-state index in [9.17, 15) is 14.7 Å². The van der Waals surface area contributed by atoms with E-state index in [1.54, 1.807) is 0 Å². The molecule has 4 saturated carbocycles. The lowest BCUT2D eigenvalue weighted by atomic mass is 9.44. The standard InChI is InChI=1S/C39H71N5O3.3ClH/c1-27(32-13-14-33-31-12-11-28-24-30(45)16-18-38(28,2)34(31)17-19-39(32,33)3)10-15-36(46)41-29-25-35(40-26-29)37(47)44(22-8-20-42(4)5)23-9-21-43(6)7;;;/h27-35,40,45H,8-26H2,1-7H3,(H,41,46);3*1H/t27-,28?,29+,30-,31?,32-,33?,34?,35+,38+,39-;;;/m1.../s1. The first-order valence-electron chi connectivity index (χ1n) is 19.6. The molecule has 8 nitrogen and oxygen atoms in total. The lowest BCUT2D eigenvalue weighted by molar-refractivity contribution is -0.133. The fourth-order valence-electron chi connectivity index (χ4n) is 11.8. The van der Waals surface area contributed by atoms with E-state index in [2.05, 4.69) is 69.4 Å². The topological polar surface area (TPSA) is 88.2 Å². The Morgan fingerprint density at radius 3 is 2.08 bits per heavy atom. The summed E-state index contributed by atoms with van der Waals surface area (Å²) in [6, 6.07) is -0.183. The monoisotopic (exact) mass is 765 g/mol. The van der Waals surface area contributed by atoms with E-state index in [4.69, 9.17) is 0 Å². The minimum atomic E-state index is -0.209. The number of aliphatic hydroxyl groups is 1. The van der Waals surface area contributed by atoms with Crippen molar-refractivity contribution in [1.82, 2.24) is 25.3 Å². The number of carbonyl (C=O) groups excluding carboxylic acids is 2. The van der Waals surface area contributed by atoms with E-state index in [1.807, 2.05) is 4.90 Å². The highest BCUT2D eigenvalue weighted by molar-refractivity contribution is 5.86. The highest BCUT2D eigenvalue weighted by Gasteiger charge is 2.60. The van der Waals surface area contributed by atoms with Crippen molar-refractivity contribution in [1.29, 1.82) is 0 Å². The summed E-state index contributed by atoms with van der Waals surface area (Å²) in [7, 11) is 8.32. The van der Waals surface area contributed by atoms with Crippen LogP contribution in [0.4, 0.5) is 0 Å². The van der Waals surface area contributed by atoms with Gasteiger partial charge in [0.15, 0.2) is 0 Å². The normalized spacial score (nSPS) is 36.6. The first-order valence-corrected chi connectivity index (χ1v) is 19.6. The molecule has 1 heterocycles. The average molecular weight is 767 g/mol. The van der Waals surface area contributed by atoms with Crippen molar-refractivity contribution in [2.45, 2.75) is 129 Å². The van der Waals surface area contributed by atoms with Gasteiger partial charge in [0.2, 0.25) is 11.8 Å². The van der Waals surface area contributed by atoms with Crippen LogP contribution < -0.4 is 10.6 Å². The van der Waals surface area contributed by atoms with Crippen LogP contribution in [0.25, 0.3) is 0 Å². The van der Waals surface area contributed by atoms with Crippen molar-refractivity contribution in [3.8, 4) is 0 Å². The van der Waals surface area contributed by atoms with E-state index in [1.165, 1.54) is 44.9 Å². The molecule has 1 saturated heterocycles. The summed E-state index contributed by atoms with van der Waals surface area (Å²) in [5.41, 5.74) is 0.836. The molecule has 0 spiro atoms. The van der Waals surface area contributed by atoms with Gasteiger partial charge in [-0.1, -0.05) is 20.8 Å². The average Bonchev–Trinajstić information content (AvgIpc) is 3.63. The number of halogens is 3. The second kappa shape index (κ2) is 19.8. The van der Waals surface area contributed by atoms with Gasteiger partial charge in [0.1, 0.15) is 0 Å². The molecule has 4 aliphatic carbocycles. The Labute approximate surface area is 324 Å². The lowest BCUT2D eigenvalue weighted by Crippen LogP contribution is -2.54. The molecule has 5 fully saturated rings. The second-order valence-electron chi connectivity index (χ2n) is 17.9. The van der Waals surface area contributed by atoms with Gasteiger partial charge in [-0.25, -0.2) is 0 Å². The number of amides is 2. The zero-order chi connectivity index (χ0) is 33.9. The Balaban J connectivity index is 0.00000289. The molecule has 2 amide bonds. The third kappa shape index (κ3) is 10.4. The smallest absolute Gasteiger partial charge is 0.239 e. The fourth-order valence-corrected chi connectivity index (χ4v) is 11.8. The van der Waals surface area contributed by atoms with Gasteiger partial charge in [-0.15, -0.1) is 37.2 Å². The van der Waals surface area contributed by atoms with Crippen molar-refractivity contribution in [3.05, 3.63) is 0 Å².